The molecule has 1 saturated heterocycles. The maximum absolute atomic E-state index is 13.0. The lowest BCUT2D eigenvalue weighted by atomic mass is 10.1. The first-order chi connectivity index (χ1) is 7.39. The van der Waals surface area contributed by atoms with Crippen LogP contribution in [0.3, 0.4) is 0 Å². The van der Waals surface area contributed by atoms with Gasteiger partial charge in [-0.1, -0.05) is 0 Å². The van der Waals surface area contributed by atoms with Crippen LogP contribution in [0.5, 0.6) is 0 Å². The van der Waals surface area contributed by atoms with Crippen LogP contribution in [0.4, 0.5) is 39.5 Å². The van der Waals surface area contributed by atoms with E-state index >= 15 is 0 Å². The molecule has 0 spiro atoms. The van der Waals surface area contributed by atoms with Crippen molar-refractivity contribution < 1.29 is 49.0 Å². The molecular weight excluding hydrogens is 275 g/mol. The van der Waals surface area contributed by atoms with Gasteiger partial charge in [-0.2, -0.15) is 39.5 Å². The van der Waals surface area contributed by atoms with E-state index in [1.54, 1.807) is 0 Å². The largest absolute Gasteiger partial charge is 0.464 e. The molecule has 2 nitrogen and oxygen atoms in total. The minimum absolute atomic E-state index is 2.44. The molecule has 0 aliphatic carbocycles. The van der Waals surface area contributed by atoms with E-state index in [-0.39, 0.29) is 0 Å². The molecule has 0 amide bonds. The molecule has 0 saturated carbocycles. The van der Waals surface area contributed by atoms with E-state index in [9.17, 15) is 39.5 Å². The summed E-state index contributed by atoms with van der Waals surface area (Å²) in [6.45, 7) is 0. The zero-order valence-corrected chi connectivity index (χ0v) is 7.30. The highest BCUT2D eigenvalue weighted by Crippen LogP contribution is 2.51. The highest BCUT2D eigenvalue weighted by Gasteiger charge is 2.77. The van der Waals surface area contributed by atoms with Gasteiger partial charge in [0.1, 0.15) is 0 Å². The Morgan fingerprint density at radius 2 is 1.53 bits per heavy atom. The number of halogens is 9. The Balaban J connectivity index is 3.24. The van der Waals surface area contributed by atoms with Crippen LogP contribution in [0.25, 0.3) is 0 Å². The molecule has 2 atom stereocenters. The van der Waals surface area contributed by atoms with Crippen molar-refractivity contribution in [2.24, 2.45) is 0 Å². The predicted molar refractivity (Wildman–Crippen MR) is 31.1 cm³/mol. The van der Waals surface area contributed by atoms with E-state index < -0.39 is 36.3 Å². The fraction of sp³-hybridized carbons (Fsp3) is 0.667. The lowest BCUT2D eigenvalue weighted by Crippen LogP contribution is -2.54. The summed E-state index contributed by atoms with van der Waals surface area (Å²) in [4.78, 5) is 0. The second-order valence-corrected chi connectivity index (χ2v) is 2.83. The normalized spacial score (nSPS) is 29.9. The van der Waals surface area contributed by atoms with Crippen molar-refractivity contribution in [3.63, 3.8) is 0 Å². The lowest BCUT2D eigenvalue weighted by molar-refractivity contribution is -0.351. The van der Waals surface area contributed by atoms with Crippen molar-refractivity contribution in [3.05, 3.63) is 12.0 Å². The Morgan fingerprint density at radius 1 is 1.06 bits per heavy atom. The van der Waals surface area contributed by atoms with E-state index in [1.807, 2.05) is 0 Å². The summed E-state index contributed by atoms with van der Waals surface area (Å²) in [6, 6.07) is 0. The van der Waals surface area contributed by atoms with Crippen LogP contribution in [0.15, 0.2) is 12.0 Å². The van der Waals surface area contributed by atoms with Gasteiger partial charge in [-0.25, -0.2) is 0 Å². The summed E-state index contributed by atoms with van der Waals surface area (Å²) in [5.41, 5.74) is 0. The van der Waals surface area contributed by atoms with E-state index in [0.717, 1.165) is 0 Å². The fourth-order valence-electron chi connectivity index (χ4n) is 0.962. The Labute approximate surface area is 86.6 Å². The van der Waals surface area contributed by atoms with Crippen molar-refractivity contribution in [2.75, 3.05) is 0 Å². The van der Waals surface area contributed by atoms with Crippen LogP contribution in [0, 0.1) is 0 Å². The average molecular weight is 276 g/mol. The second kappa shape index (κ2) is 3.60. The third-order valence-electron chi connectivity index (χ3n) is 1.64. The summed E-state index contributed by atoms with van der Waals surface area (Å²) in [7, 11) is 0. The number of alkyl halides is 7. The molecule has 1 rings (SSSR count). The fourth-order valence-corrected chi connectivity index (χ4v) is 0.962. The molecule has 1 aliphatic rings. The Morgan fingerprint density at radius 3 is 1.76 bits per heavy atom. The smallest absolute Gasteiger partial charge is 0.440 e. The zero-order valence-electron chi connectivity index (χ0n) is 7.30. The van der Waals surface area contributed by atoms with Gasteiger partial charge in [0.15, 0.2) is 0 Å². The van der Waals surface area contributed by atoms with E-state index in [1.165, 1.54) is 0 Å². The van der Waals surface area contributed by atoms with Gasteiger partial charge in [-0.3, -0.25) is 0 Å². The highest BCUT2D eigenvalue weighted by atomic mass is 19.4. The molecule has 100 valence electrons. The molecule has 2 unspecified atom stereocenters. The Hall–Kier alpha value is -1.29. The van der Waals surface area contributed by atoms with Crippen LogP contribution < -0.4 is 0 Å². The maximum atomic E-state index is 13.0. The Kier molecular flexibility index (Phi) is 2.92. The number of rotatable bonds is 0. The molecule has 17 heavy (non-hydrogen) atoms. The zero-order chi connectivity index (χ0) is 13.6. The molecule has 11 heteroatoms. The standard InChI is InChI=1S/C6HF9O2/c7-1(8)2-16-3(5(10,11)12)4(9,17-2)6(13,14)15/h3H. The van der Waals surface area contributed by atoms with Gasteiger partial charge in [0.2, 0.25) is 0 Å². The third kappa shape index (κ3) is 2.22. The number of ether oxygens (including phenoxy) is 2. The molecule has 0 aromatic heterocycles. The molecule has 0 N–H and O–H groups in total. The van der Waals surface area contributed by atoms with Crippen LogP contribution in [0.1, 0.15) is 0 Å². The second-order valence-electron chi connectivity index (χ2n) is 2.83. The first-order valence-electron chi connectivity index (χ1n) is 3.63. The van der Waals surface area contributed by atoms with Crippen LogP contribution in [0.2, 0.25) is 0 Å². The van der Waals surface area contributed by atoms with Crippen molar-refractivity contribution in [2.45, 2.75) is 24.3 Å². The summed E-state index contributed by atoms with van der Waals surface area (Å²) in [5, 5.41) is 0. The van der Waals surface area contributed by atoms with Gasteiger partial charge in [0.25, 0.3) is 6.10 Å². The van der Waals surface area contributed by atoms with Gasteiger partial charge in [0, 0.05) is 0 Å². The predicted octanol–water partition coefficient (Wildman–Crippen LogP) is 3.26. The first kappa shape index (κ1) is 13.8. The van der Waals surface area contributed by atoms with Crippen molar-refractivity contribution in [1.29, 1.82) is 0 Å². The topological polar surface area (TPSA) is 18.5 Å². The summed E-state index contributed by atoms with van der Waals surface area (Å²) in [5.74, 6) is -7.84. The van der Waals surface area contributed by atoms with E-state index in [0.29, 0.717) is 0 Å². The monoisotopic (exact) mass is 276 g/mol. The number of hydrogen-bond acceptors (Lipinski definition) is 2. The summed E-state index contributed by atoms with van der Waals surface area (Å²) >= 11 is 0. The molecular formula is C6HF9O2. The quantitative estimate of drug-likeness (QED) is 0.632. The minimum Gasteiger partial charge on any atom is -0.440 e. The van der Waals surface area contributed by atoms with Gasteiger partial charge < -0.3 is 9.47 Å². The first-order valence-corrected chi connectivity index (χ1v) is 3.63. The molecule has 0 bridgehead atoms. The third-order valence-corrected chi connectivity index (χ3v) is 1.64. The van der Waals surface area contributed by atoms with Gasteiger partial charge >= 0.3 is 30.2 Å². The van der Waals surface area contributed by atoms with Crippen LogP contribution in [-0.4, -0.2) is 24.3 Å². The summed E-state index contributed by atoms with van der Waals surface area (Å²) < 4.78 is 115. The molecule has 1 fully saturated rings. The van der Waals surface area contributed by atoms with Gasteiger partial charge in [0.05, 0.1) is 0 Å². The molecule has 0 aromatic carbocycles. The number of hydrogen-bond donors (Lipinski definition) is 0. The van der Waals surface area contributed by atoms with Gasteiger partial charge in [-0.15, -0.1) is 0 Å². The molecule has 0 aromatic rings. The molecule has 0 radical (unpaired) electrons. The summed E-state index contributed by atoms with van der Waals surface area (Å²) in [6.07, 6.45) is -19.4. The SMILES string of the molecule is FC(F)=C1OC(C(F)(F)F)C(F)(C(F)(F)F)O1. The maximum Gasteiger partial charge on any atom is 0.464 e. The minimum atomic E-state index is -6.19. The lowest BCUT2D eigenvalue weighted by Gasteiger charge is -2.26. The molecule has 1 aliphatic heterocycles. The van der Waals surface area contributed by atoms with E-state index in [4.69, 9.17) is 0 Å². The average Bonchev–Trinajstić information content (AvgIpc) is 2.42. The van der Waals surface area contributed by atoms with Crippen LogP contribution >= 0.6 is 0 Å². The van der Waals surface area contributed by atoms with Gasteiger partial charge in [-0.05, 0) is 0 Å². The van der Waals surface area contributed by atoms with Crippen molar-refractivity contribution in [3.8, 4) is 0 Å². The highest BCUT2D eigenvalue weighted by molar-refractivity contribution is 5.03. The van der Waals surface area contributed by atoms with Crippen LogP contribution in [-0.2, 0) is 9.47 Å². The Bertz CT molecular complexity index is 338. The van der Waals surface area contributed by atoms with Crippen molar-refractivity contribution in [1.82, 2.24) is 0 Å². The van der Waals surface area contributed by atoms with Crippen molar-refractivity contribution >= 4 is 0 Å². The van der Waals surface area contributed by atoms with E-state index in [2.05, 4.69) is 9.47 Å². The molecule has 1 heterocycles.